The summed E-state index contributed by atoms with van der Waals surface area (Å²) >= 11 is 0. The molecular weight excluding hydrogens is 215 g/mol. The summed E-state index contributed by atoms with van der Waals surface area (Å²) in [6, 6.07) is 8.91. The molecule has 0 amide bonds. The van der Waals surface area contributed by atoms with Crippen LogP contribution in [0.15, 0.2) is 30.3 Å². The first-order chi connectivity index (χ1) is 7.29. The number of hydrogen-bond acceptors (Lipinski definition) is 4. The first kappa shape index (κ1) is 10.7. The van der Waals surface area contributed by atoms with Crippen LogP contribution in [0.25, 0.3) is 0 Å². The zero-order valence-corrected chi connectivity index (χ0v) is 9.19. The lowest BCUT2D eigenvalue weighted by Gasteiger charge is -2.15. The molecule has 1 aromatic rings. The summed E-state index contributed by atoms with van der Waals surface area (Å²) in [6.07, 6.45) is 1.70. The van der Waals surface area contributed by atoms with Gasteiger partial charge in [-0.25, -0.2) is 4.57 Å². The molecule has 0 saturated carbocycles. The second kappa shape index (κ2) is 4.79. The molecule has 2 rings (SSSR count). The van der Waals surface area contributed by atoms with Crippen LogP contribution in [-0.2, 0) is 13.6 Å². The molecule has 0 radical (unpaired) electrons. The Morgan fingerprint density at radius 3 is 2.27 bits per heavy atom. The Morgan fingerprint density at radius 1 is 1.07 bits per heavy atom. The highest BCUT2D eigenvalue weighted by Gasteiger charge is 2.29. The van der Waals surface area contributed by atoms with Crippen molar-refractivity contribution < 1.29 is 18.1 Å². The summed E-state index contributed by atoms with van der Waals surface area (Å²) in [5.74, 6) is 0.503. The predicted octanol–water partition coefficient (Wildman–Crippen LogP) is 3.00. The molecule has 0 bridgehead atoms. The summed E-state index contributed by atoms with van der Waals surface area (Å²) < 4.78 is 27.4. The maximum absolute atomic E-state index is 12.0. The second-order valence-corrected chi connectivity index (χ2v) is 4.82. The minimum atomic E-state index is -3.38. The van der Waals surface area contributed by atoms with Crippen LogP contribution in [0.4, 0.5) is 0 Å². The Labute approximate surface area is 88.8 Å². The topological polar surface area (TPSA) is 44.8 Å². The van der Waals surface area contributed by atoms with Crippen molar-refractivity contribution in [1.29, 1.82) is 0 Å². The van der Waals surface area contributed by atoms with Crippen molar-refractivity contribution in [3.63, 3.8) is 0 Å². The van der Waals surface area contributed by atoms with E-state index in [4.69, 9.17) is 13.6 Å². The van der Waals surface area contributed by atoms with Gasteiger partial charge in [-0.05, 0) is 25.0 Å². The highest BCUT2D eigenvalue weighted by molar-refractivity contribution is 7.48. The average Bonchev–Trinajstić information content (AvgIpc) is 2.45. The Morgan fingerprint density at radius 2 is 1.67 bits per heavy atom. The third-order valence-electron chi connectivity index (χ3n) is 2.00. The minimum Gasteiger partial charge on any atom is -0.404 e. The van der Waals surface area contributed by atoms with E-state index < -0.39 is 7.82 Å². The van der Waals surface area contributed by atoms with Crippen LogP contribution in [0.1, 0.15) is 12.8 Å². The molecule has 15 heavy (non-hydrogen) atoms. The molecule has 5 heteroatoms. The number of hydrogen-bond donors (Lipinski definition) is 0. The normalized spacial score (nSPS) is 20.5. The molecular formula is C10H13O4P. The van der Waals surface area contributed by atoms with Gasteiger partial charge in [0.2, 0.25) is 0 Å². The lowest BCUT2D eigenvalue weighted by atomic mass is 10.3. The lowest BCUT2D eigenvalue weighted by Crippen LogP contribution is -1.99. The van der Waals surface area contributed by atoms with E-state index >= 15 is 0 Å². The molecule has 82 valence electrons. The number of rotatable bonds is 2. The number of phosphoric ester groups is 1. The SMILES string of the molecule is O=P1(Oc2ccccc2)OCCCCO1. The van der Waals surface area contributed by atoms with Crippen LogP contribution < -0.4 is 4.52 Å². The zero-order valence-electron chi connectivity index (χ0n) is 8.30. The first-order valence-electron chi connectivity index (χ1n) is 4.92. The smallest absolute Gasteiger partial charge is 0.404 e. The average molecular weight is 228 g/mol. The largest absolute Gasteiger partial charge is 0.530 e. The number of phosphoric acid groups is 1. The fraction of sp³-hybridized carbons (Fsp3) is 0.400. The van der Waals surface area contributed by atoms with Gasteiger partial charge < -0.3 is 4.52 Å². The third-order valence-corrected chi connectivity index (χ3v) is 3.43. The van der Waals surface area contributed by atoms with Gasteiger partial charge in [0.05, 0.1) is 13.2 Å². The first-order valence-corrected chi connectivity index (χ1v) is 6.38. The molecule has 0 spiro atoms. The number of benzene rings is 1. The molecule has 1 aromatic carbocycles. The molecule has 0 unspecified atom stereocenters. The monoisotopic (exact) mass is 228 g/mol. The number of para-hydroxylation sites is 1. The van der Waals surface area contributed by atoms with Gasteiger partial charge in [0.25, 0.3) is 0 Å². The van der Waals surface area contributed by atoms with E-state index in [2.05, 4.69) is 0 Å². The van der Waals surface area contributed by atoms with E-state index in [0.717, 1.165) is 12.8 Å². The van der Waals surface area contributed by atoms with Crippen molar-refractivity contribution >= 4 is 7.82 Å². The van der Waals surface area contributed by atoms with Crippen molar-refractivity contribution in [2.75, 3.05) is 13.2 Å². The Kier molecular flexibility index (Phi) is 3.41. The molecule has 4 nitrogen and oxygen atoms in total. The van der Waals surface area contributed by atoms with E-state index in [1.807, 2.05) is 6.07 Å². The minimum absolute atomic E-state index is 0.421. The van der Waals surface area contributed by atoms with Crippen molar-refractivity contribution in [2.24, 2.45) is 0 Å². The van der Waals surface area contributed by atoms with E-state index in [9.17, 15) is 4.57 Å². The molecule has 0 N–H and O–H groups in total. The van der Waals surface area contributed by atoms with E-state index in [0.29, 0.717) is 19.0 Å². The van der Waals surface area contributed by atoms with E-state index in [1.54, 1.807) is 24.3 Å². The molecule has 1 saturated heterocycles. The molecule has 0 aliphatic carbocycles. The van der Waals surface area contributed by atoms with Crippen LogP contribution in [-0.4, -0.2) is 13.2 Å². The molecule has 0 atom stereocenters. The fourth-order valence-corrected chi connectivity index (χ4v) is 2.52. The van der Waals surface area contributed by atoms with Crippen molar-refractivity contribution in [3.8, 4) is 5.75 Å². The third kappa shape index (κ3) is 3.06. The van der Waals surface area contributed by atoms with Gasteiger partial charge in [0.1, 0.15) is 5.75 Å². The molecule has 1 heterocycles. The van der Waals surface area contributed by atoms with Gasteiger partial charge in [-0.2, -0.15) is 0 Å². The van der Waals surface area contributed by atoms with Crippen molar-refractivity contribution in [2.45, 2.75) is 12.8 Å². The maximum atomic E-state index is 12.0. The molecule has 0 aromatic heterocycles. The summed E-state index contributed by atoms with van der Waals surface area (Å²) in [5.41, 5.74) is 0. The van der Waals surface area contributed by atoms with Gasteiger partial charge in [-0.15, -0.1) is 0 Å². The fourth-order valence-electron chi connectivity index (χ4n) is 1.26. The second-order valence-electron chi connectivity index (χ2n) is 3.23. The van der Waals surface area contributed by atoms with Crippen LogP contribution in [0.5, 0.6) is 5.75 Å². The van der Waals surface area contributed by atoms with E-state index in [1.165, 1.54) is 0 Å². The zero-order chi connectivity index (χ0) is 10.6. The summed E-state index contributed by atoms with van der Waals surface area (Å²) in [5, 5.41) is 0. The summed E-state index contributed by atoms with van der Waals surface area (Å²) in [4.78, 5) is 0. The molecule has 1 fully saturated rings. The van der Waals surface area contributed by atoms with Crippen LogP contribution in [0.3, 0.4) is 0 Å². The van der Waals surface area contributed by atoms with Crippen molar-refractivity contribution in [1.82, 2.24) is 0 Å². The van der Waals surface area contributed by atoms with Gasteiger partial charge in [0, 0.05) is 0 Å². The Bertz CT molecular complexity index is 340. The summed E-state index contributed by atoms with van der Waals surface area (Å²) in [7, 11) is -3.38. The van der Waals surface area contributed by atoms with Gasteiger partial charge in [-0.3, -0.25) is 9.05 Å². The highest BCUT2D eigenvalue weighted by atomic mass is 31.2. The van der Waals surface area contributed by atoms with Gasteiger partial charge >= 0.3 is 7.82 Å². The molecule has 1 aliphatic heterocycles. The van der Waals surface area contributed by atoms with Gasteiger partial charge in [0.15, 0.2) is 0 Å². The maximum Gasteiger partial charge on any atom is 0.530 e. The summed E-state index contributed by atoms with van der Waals surface area (Å²) in [6.45, 7) is 0.841. The van der Waals surface area contributed by atoms with Gasteiger partial charge in [-0.1, -0.05) is 18.2 Å². The van der Waals surface area contributed by atoms with Crippen molar-refractivity contribution in [3.05, 3.63) is 30.3 Å². The van der Waals surface area contributed by atoms with E-state index in [-0.39, 0.29) is 0 Å². The quantitative estimate of drug-likeness (QED) is 0.730. The van der Waals surface area contributed by atoms with Crippen LogP contribution >= 0.6 is 7.82 Å². The highest BCUT2D eigenvalue weighted by Crippen LogP contribution is 2.50. The predicted molar refractivity (Wildman–Crippen MR) is 55.8 cm³/mol. The van der Waals surface area contributed by atoms with Crippen LogP contribution in [0.2, 0.25) is 0 Å². The standard InChI is InChI=1S/C10H13O4P/c11-15(12-8-4-5-9-13-15)14-10-6-2-1-3-7-10/h1-3,6-7H,4-5,8-9H2. The Balaban J connectivity index is 2.06. The van der Waals surface area contributed by atoms with Crippen LogP contribution in [0, 0.1) is 0 Å². The Hall–Kier alpha value is -0.830. The molecule has 1 aliphatic rings. The lowest BCUT2D eigenvalue weighted by molar-refractivity contribution is 0.182.